The summed E-state index contributed by atoms with van der Waals surface area (Å²) in [4.78, 5) is 17.1. The average Bonchev–Trinajstić information content (AvgIpc) is 3.51. The lowest BCUT2D eigenvalue weighted by atomic mass is 10.0. The van der Waals surface area contributed by atoms with Crippen molar-refractivity contribution in [1.29, 1.82) is 0 Å². The number of hydrogen-bond donors (Lipinski definition) is 0. The van der Waals surface area contributed by atoms with Crippen LogP contribution in [0.4, 0.5) is 0 Å². The van der Waals surface area contributed by atoms with Gasteiger partial charge in [0.25, 0.3) is 0 Å². The van der Waals surface area contributed by atoms with Crippen LogP contribution in [0.3, 0.4) is 0 Å². The average molecular weight is 353 g/mol. The third kappa shape index (κ3) is 4.85. The van der Waals surface area contributed by atoms with Crippen molar-refractivity contribution in [2.24, 2.45) is 0 Å². The quantitative estimate of drug-likeness (QED) is 0.611. The van der Waals surface area contributed by atoms with Gasteiger partial charge in [0.2, 0.25) is 5.91 Å². The van der Waals surface area contributed by atoms with E-state index in [2.05, 4.69) is 61.2 Å². The van der Waals surface area contributed by atoms with Crippen molar-refractivity contribution in [3.8, 4) is 0 Å². The highest BCUT2D eigenvalue weighted by Gasteiger charge is 2.29. The molecule has 26 heavy (non-hydrogen) atoms. The van der Waals surface area contributed by atoms with Crippen LogP contribution in [0.2, 0.25) is 0 Å². The van der Waals surface area contributed by atoms with Crippen LogP contribution in [-0.4, -0.2) is 41.4 Å². The number of fused-ring (bicyclic) bond motifs is 1. The number of benzene rings is 2. The summed E-state index contributed by atoms with van der Waals surface area (Å²) in [7, 11) is 0. The molecule has 0 radical (unpaired) electrons. The van der Waals surface area contributed by atoms with Crippen LogP contribution >= 0.6 is 0 Å². The summed E-state index contributed by atoms with van der Waals surface area (Å²) in [6.45, 7) is 7.81. The highest BCUT2D eigenvalue weighted by molar-refractivity contribution is 5.85. The van der Waals surface area contributed by atoms with Gasteiger partial charge in [-0.3, -0.25) is 9.69 Å². The molecule has 3 heteroatoms. The number of carbonyl (C=O) groups is 1. The lowest BCUT2D eigenvalue weighted by Crippen LogP contribution is -2.35. The highest BCUT2D eigenvalue weighted by Crippen LogP contribution is 2.30. The zero-order valence-electron chi connectivity index (χ0n) is 16.3. The van der Waals surface area contributed by atoms with Gasteiger partial charge in [0.15, 0.2) is 0 Å². The van der Waals surface area contributed by atoms with E-state index in [-0.39, 0.29) is 0 Å². The van der Waals surface area contributed by atoms with Gasteiger partial charge >= 0.3 is 0 Å². The number of carbonyl (C=O) groups excluding carboxylic acids is 1. The summed E-state index contributed by atoms with van der Waals surface area (Å²) < 4.78 is 0. The van der Waals surface area contributed by atoms with Crippen LogP contribution < -0.4 is 0 Å². The molecular weight excluding hydrogens is 320 g/mol. The predicted molar refractivity (Wildman–Crippen MR) is 109 cm³/mol. The molecule has 1 aliphatic rings. The molecule has 0 atom stereocenters. The topological polar surface area (TPSA) is 23.6 Å². The first kappa shape index (κ1) is 18.9. The zero-order valence-corrected chi connectivity index (χ0v) is 16.3. The largest absolute Gasteiger partial charge is 0.343 e. The van der Waals surface area contributed by atoms with Gasteiger partial charge in [-0.1, -0.05) is 55.8 Å². The van der Waals surface area contributed by atoms with Gasteiger partial charge in [0.05, 0.1) is 0 Å². The van der Waals surface area contributed by atoms with E-state index in [1.54, 1.807) is 0 Å². The first-order chi connectivity index (χ1) is 12.7. The monoisotopic (exact) mass is 352 g/mol. The summed E-state index contributed by atoms with van der Waals surface area (Å²) in [6, 6.07) is 15.8. The van der Waals surface area contributed by atoms with Gasteiger partial charge in [-0.05, 0) is 42.5 Å². The molecule has 0 bridgehead atoms. The fraction of sp³-hybridized carbons (Fsp3) is 0.522. The van der Waals surface area contributed by atoms with Crippen LogP contribution in [0.5, 0.6) is 0 Å². The van der Waals surface area contributed by atoms with Gasteiger partial charge in [0.1, 0.15) is 0 Å². The Morgan fingerprint density at radius 2 is 1.81 bits per heavy atom. The fourth-order valence-corrected chi connectivity index (χ4v) is 3.69. The molecule has 2 aromatic rings. The maximum atomic E-state index is 12.6. The van der Waals surface area contributed by atoms with Crippen molar-refractivity contribution in [3.63, 3.8) is 0 Å². The Hall–Kier alpha value is -1.87. The number of amides is 1. The van der Waals surface area contributed by atoms with Crippen molar-refractivity contribution >= 4 is 16.7 Å². The second-order valence-corrected chi connectivity index (χ2v) is 7.42. The smallest absolute Gasteiger partial charge is 0.223 e. The molecule has 3 rings (SSSR count). The van der Waals surface area contributed by atoms with E-state index in [4.69, 9.17) is 0 Å². The standard InChI is InChI=1S/C23H32N2O/c1-3-5-16-24(4-2)23(26)15-17-25(21-13-14-21)18-20-11-8-10-19-9-6-7-12-22(19)20/h6-12,21H,3-5,13-18H2,1-2H3. The molecular formula is C23H32N2O. The lowest BCUT2D eigenvalue weighted by molar-refractivity contribution is -0.131. The second kappa shape index (κ2) is 9.18. The Morgan fingerprint density at radius 3 is 2.54 bits per heavy atom. The van der Waals surface area contributed by atoms with Crippen molar-refractivity contribution in [2.75, 3.05) is 19.6 Å². The molecule has 0 heterocycles. The van der Waals surface area contributed by atoms with Crippen molar-refractivity contribution < 1.29 is 4.79 Å². The Labute approximate surface area is 158 Å². The molecule has 0 aliphatic heterocycles. The van der Waals surface area contributed by atoms with Crippen molar-refractivity contribution in [1.82, 2.24) is 9.80 Å². The number of unbranched alkanes of at least 4 members (excludes halogenated alkanes) is 1. The first-order valence-electron chi connectivity index (χ1n) is 10.2. The maximum Gasteiger partial charge on any atom is 0.223 e. The normalized spacial score (nSPS) is 14.1. The Balaban J connectivity index is 1.63. The number of hydrogen-bond acceptors (Lipinski definition) is 2. The minimum atomic E-state index is 0.310. The molecule has 0 spiro atoms. The molecule has 1 aliphatic carbocycles. The lowest BCUT2D eigenvalue weighted by Gasteiger charge is -2.25. The SMILES string of the molecule is CCCCN(CC)C(=O)CCN(Cc1cccc2ccccc12)C1CC1. The Morgan fingerprint density at radius 1 is 1.04 bits per heavy atom. The summed E-state index contributed by atoms with van der Waals surface area (Å²) in [5.41, 5.74) is 1.38. The van der Waals surface area contributed by atoms with Gasteiger partial charge < -0.3 is 4.90 Å². The van der Waals surface area contributed by atoms with E-state index in [9.17, 15) is 4.79 Å². The molecule has 1 saturated carbocycles. The molecule has 1 fully saturated rings. The van der Waals surface area contributed by atoms with Crippen LogP contribution in [0, 0.1) is 0 Å². The van der Waals surface area contributed by atoms with E-state index in [0.29, 0.717) is 18.4 Å². The maximum absolute atomic E-state index is 12.6. The van der Waals surface area contributed by atoms with Crippen LogP contribution in [-0.2, 0) is 11.3 Å². The minimum absolute atomic E-state index is 0.310. The Bertz CT molecular complexity index is 718. The van der Waals surface area contributed by atoms with Crippen molar-refractivity contribution in [3.05, 3.63) is 48.0 Å². The minimum Gasteiger partial charge on any atom is -0.343 e. The predicted octanol–water partition coefficient (Wildman–Crippen LogP) is 4.84. The van der Waals surface area contributed by atoms with E-state index < -0.39 is 0 Å². The molecule has 2 aromatic carbocycles. The van der Waals surface area contributed by atoms with E-state index in [1.165, 1.54) is 29.2 Å². The van der Waals surface area contributed by atoms with Crippen LogP contribution in [0.1, 0.15) is 51.5 Å². The first-order valence-corrected chi connectivity index (χ1v) is 10.2. The third-order valence-corrected chi connectivity index (χ3v) is 5.45. The summed E-state index contributed by atoms with van der Waals surface area (Å²) >= 11 is 0. The van der Waals surface area contributed by atoms with E-state index in [1.807, 2.05) is 4.90 Å². The number of rotatable bonds is 10. The van der Waals surface area contributed by atoms with E-state index >= 15 is 0 Å². The molecule has 140 valence electrons. The van der Waals surface area contributed by atoms with Crippen LogP contribution in [0.15, 0.2) is 42.5 Å². The highest BCUT2D eigenvalue weighted by atomic mass is 16.2. The van der Waals surface area contributed by atoms with Gasteiger partial charge in [-0.15, -0.1) is 0 Å². The molecule has 0 aromatic heterocycles. The second-order valence-electron chi connectivity index (χ2n) is 7.42. The molecule has 0 N–H and O–H groups in total. The molecule has 3 nitrogen and oxygen atoms in total. The summed E-state index contributed by atoms with van der Waals surface area (Å²) in [6.07, 6.45) is 5.42. The van der Waals surface area contributed by atoms with Gasteiger partial charge in [-0.2, -0.15) is 0 Å². The van der Waals surface area contributed by atoms with Crippen molar-refractivity contribution in [2.45, 2.75) is 58.5 Å². The molecule has 0 unspecified atom stereocenters. The van der Waals surface area contributed by atoms with Crippen LogP contribution in [0.25, 0.3) is 10.8 Å². The zero-order chi connectivity index (χ0) is 18.4. The summed E-state index contributed by atoms with van der Waals surface area (Å²) in [5, 5.41) is 2.64. The van der Waals surface area contributed by atoms with Gasteiger partial charge in [0, 0.05) is 38.6 Å². The van der Waals surface area contributed by atoms with Gasteiger partial charge in [-0.25, -0.2) is 0 Å². The number of nitrogens with zero attached hydrogens (tertiary/aromatic N) is 2. The fourth-order valence-electron chi connectivity index (χ4n) is 3.69. The Kier molecular flexibility index (Phi) is 6.67. The van der Waals surface area contributed by atoms with E-state index in [0.717, 1.165) is 39.0 Å². The summed E-state index contributed by atoms with van der Waals surface area (Å²) in [5.74, 6) is 0.310. The molecule has 1 amide bonds. The molecule has 0 saturated heterocycles. The third-order valence-electron chi connectivity index (χ3n) is 5.45.